The van der Waals surface area contributed by atoms with Crippen molar-refractivity contribution in [3.8, 4) is 6.07 Å². The van der Waals surface area contributed by atoms with Crippen molar-refractivity contribution in [3.05, 3.63) is 29.3 Å². The first kappa shape index (κ1) is 14.9. The molecule has 1 amide bonds. The third kappa shape index (κ3) is 2.45. The Morgan fingerprint density at radius 2 is 2.27 bits per heavy atom. The number of amides is 1. The molecule has 2 aliphatic rings. The van der Waals surface area contributed by atoms with E-state index >= 15 is 0 Å². The van der Waals surface area contributed by atoms with Crippen LogP contribution in [0.1, 0.15) is 36.3 Å². The Balaban J connectivity index is 1.86. The van der Waals surface area contributed by atoms with Crippen molar-refractivity contribution < 1.29 is 9.18 Å². The van der Waals surface area contributed by atoms with Crippen molar-refractivity contribution in [2.75, 3.05) is 6.54 Å². The minimum Gasteiger partial charge on any atom is -0.329 e. The predicted octanol–water partition coefficient (Wildman–Crippen LogP) is 0.554. The first-order chi connectivity index (χ1) is 10.7. The molecule has 1 saturated carbocycles. The van der Waals surface area contributed by atoms with Crippen LogP contribution in [0.25, 0.3) is 0 Å². The van der Waals surface area contributed by atoms with E-state index in [1.165, 1.54) is 12.4 Å². The van der Waals surface area contributed by atoms with Crippen molar-refractivity contribution in [2.45, 2.75) is 31.2 Å². The summed E-state index contributed by atoms with van der Waals surface area (Å²) in [6.07, 6.45) is 4.80. The Kier molecular flexibility index (Phi) is 4.05. The summed E-state index contributed by atoms with van der Waals surface area (Å²) in [6, 6.07) is 1.81. The van der Waals surface area contributed by atoms with Gasteiger partial charge in [0.2, 0.25) is 5.91 Å². The Morgan fingerprint density at radius 1 is 1.45 bits per heavy atom. The first-order valence-electron chi connectivity index (χ1n) is 7.44. The van der Waals surface area contributed by atoms with E-state index in [4.69, 9.17) is 11.0 Å². The van der Waals surface area contributed by atoms with Gasteiger partial charge in [0.05, 0.1) is 0 Å². The quantitative estimate of drug-likeness (QED) is 0.740. The average molecular weight is 303 g/mol. The zero-order valence-electron chi connectivity index (χ0n) is 12.1. The van der Waals surface area contributed by atoms with Gasteiger partial charge in [-0.1, -0.05) is 0 Å². The largest absolute Gasteiger partial charge is 0.329 e. The second-order valence-electron chi connectivity index (χ2n) is 5.96. The van der Waals surface area contributed by atoms with Gasteiger partial charge in [-0.15, -0.1) is 0 Å². The summed E-state index contributed by atoms with van der Waals surface area (Å²) in [7, 11) is 0. The minimum atomic E-state index is -0.488. The third-order valence-electron chi connectivity index (χ3n) is 4.86. The van der Waals surface area contributed by atoms with Crippen molar-refractivity contribution in [1.29, 1.82) is 5.26 Å². The van der Waals surface area contributed by atoms with Crippen molar-refractivity contribution >= 4 is 5.91 Å². The van der Waals surface area contributed by atoms with E-state index in [-0.39, 0.29) is 35.3 Å². The molecule has 4 unspecified atom stereocenters. The number of nitriles is 1. The van der Waals surface area contributed by atoms with Crippen LogP contribution in [0.5, 0.6) is 0 Å². The number of aromatic nitrogens is 1. The summed E-state index contributed by atoms with van der Waals surface area (Å²) in [5, 5.41) is 8.93. The number of nitrogens with one attached hydrogen (secondary N) is 2. The molecule has 0 aromatic carbocycles. The number of hydrazine groups is 1. The van der Waals surface area contributed by atoms with E-state index in [9.17, 15) is 9.18 Å². The number of pyridine rings is 1. The number of carbonyl (C=O) groups excluding carboxylic acids is 1. The molecule has 22 heavy (non-hydrogen) atoms. The Labute approximate surface area is 127 Å². The van der Waals surface area contributed by atoms with Crippen LogP contribution in [0.15, 0.2) is 12.4 Å². The maximum absolute atomic E-state index is 14.4. The number of halogens is 1. The highest BCUT2D eigenvalue weighted by molar-refractivity contribution is 5.79. The predicted molar refractivity (Wildman–Crippen MR) is 76.6 cm³/mol. The van der Waals surface area contributed by atoms with Crippen molar-refractivity contribution in [3.63, 3.8) is 0 Å². The molecule has 1 aliphatic carbocycles. The molecule has 6 nitrogen and oxygen atoms in total. The number of hydrogen-bond acceptors (Lipinski definition) is 5. The van der Waals surface area contributed by atoms with Crippen LogP contribution in [-0.2, 0) is 4.79 Å². The van der Waals surface area contributed by atoms with E-state index in [0.29, 0.717) is 31.4 Å². The van der Waals surface area contributed by atoms with Gasteiger partial charge in [0, 0.05) is 36.5 Å². The summed E-state index contributed by atoms with van der Waals surface area (Å²) < 4.78 is 14.4. The maximum atomic E-state index is 14.4. The van der Waals surface area contributed by atoms with Crippen LogP contribution >= 0.6 is 0 Å². The molecule has 116 valence electrons. The van der Waals surface area contributed by atoms with E-state index in [1.54, 1.807) is 0 Å². The molecule has 1 saturated heterocycles. The van der Waals surface area contributed by atoms with Gasteiger partial charge in [-0.2, -0.15) is 5.26 Å². The second-order valence-corrected chi connectivity index (χ2v) is 5.96. The topological polar surface area (TPSA) is 104 Å². The van der Waals surface area contributed by atoms with Gasteiger partial charge < -0.3 is 5.73 Å². The molecular weight excluding hydrogens is 285 g/mol. The molecule has 4 N–H and O–H groups in total. The van der Waals surface area contributed by atoms with Crippen LogP contribution < -0.4 is 16.6 Å². The lowest BCUT2D eigenvalue weighted by molar-refractivity contribution is -0.133. The molecule has 0 radical (unpaired) electrons. The molecule has 0 bridgehead atoms. The third-order valence-corrected chi connectivity index (χ3v) is 4.86. The standard InChI is InChI=1S/C15H18FN5O/c16-14-9(4-17)6-19-7-12(14)8-1-2-10-11(3-8)13(5-18)20-21-15(10)22/h6-8,10-11,13,20H,1-3,5,18H2,(H,21,22). The Bertz CT molecular complexity index is 629. The summed E-state index contributed by atoms with van der Waals surface area (Å²) in [5.74, 6) is -0.552. The SMILES string of the molecule is N#Cc1cncc(C2CCC3C(=O)NNC(CN)C3C2)c1F. The van der Waals surface area contributed by atoms with Crippen LogP contribution in [0, 0.1) is 29.0 Å². The first-order valence-corrected chi connectivity index (χ1v) is 7.44. The highest BCUT2D eigenvalue weighted by Gasteiger charge is 2.43. The molecule has 2 heterocycles. The lowest BCUT2D eigenvalue weighted by Crippen LogP contribution is -2.62. The smallest absolute Gasteiger partial charge is 0.237 e. The van der Waals surface area contributed by atoms with Crippen molar-refractivity contribution in [2.24, 2.45) is 17.6 Å². The Morgan fingerprint density at radius 3 is 3.00 bits per heavy atom. The molecule has 2 fully saturated rings. The number of carbonyl (C=O) groups is 1. The van der Waals surface area contributed by atoms with Crippen LogP contribution in [0.4, 0.5) is 4.39 Å². The molecular formula is C15H18FN5O. The van der Waals surface area contributed by atoms with Gasteiger partial charge >= 0.3 is 0 Å². The molecule has 3 rings (SSSR count). The summed E-state index contributed by atoms with van der Waals surface area (Å²) in [5.41, 5.74) is 11.8. The van der Waals surface area contributed by atoms with Gasteiger partial charge in [0.15, 0.2) is 0 Å². The van der Waals surface area contributed by atoms with Crippen LogP contribution in [-0.4, -0.2) is 23.5 Å². The lowest BCUT2D eigenvalue weighted by atomic mass is 9.68. The average Bonchev–Trinajstić information content (AvgIpc) is 2.55. The van der Waals surface area contributed by atoms with Gasteiger partial charge in [-0.3, -0.25) is 15.2 Å². The van der Waals surface area contributed by atoms with E-state index in [2.05, 4.69) is 15.8 Å². The zero-order valence-corrected chi connectivity index (χ0v) is 12.1. The normalized spacial score (nSPS) is 31.0. The molecule has 0 spiro atoms. The highest BCUT2D eigenvalue weighted by atomic mass is 19.1. The summed E-state index contributed by atoms with van der Waals surface area (Å²) in [4.78, 5) is 15.9. The number of fused-ring (bicyclic) bond motifs is 1. The fourth-order valence-electron chi connectivity index (χ4n) is 3.68. The number of nitrogens with zero attached hydrogens (tertiary/aromatic N) is 2. The van der Waals surface area contributed by atoms with E-state index in [1.807, 2.05) is 6.07 Å². The lowest BCUT2D eigenvalue weighted by Gasteiger charge is -2.43. The maximum Gasteiger partial charge on any atom is 0.237 e. The number of nitrogens with two attached hydrogens (primary N) is 1. The van der Waals surface area contributed by atoms with Gasteiger partial charge in [-0.25, -0.2) is 9.82 Å². The molecule has 1 aliphatic heterocycles. The van der Waals surface area contributed by atoms with Crippen LogP contribution in [0.3, 0.4) is 0 Å². The van der Waals surface area contributed by atoms with Crippen LogP contribution in [0.2, 0.25) is 0 Å². The molecule has 4 atom stereocenters. The van der Waals surface area contributed by atoms with E-state index < -0.39 is 5.82 Å². The molecule has 1 aromatic heterocycles. The minimum absolute atomic E-state index is 0.0133. The fraction of sp³-hybridized carbons (Fsp3) is 0.533. The molecule has 7 heteroatoms. The monoisotopic (exact) mass is 303 g/mol. The Hall–Kier alpha value is -2.04. The van der Waals surface area contributed by atoms with Gasteiger partial charge in [-0.05, 0) is 31.1 Å². The van der Waals surface area contributed by atoms with Gasteiger partial charge in [0.25, 0.3) is 0 Å². The van der Waals surface area contributed by atoms with E-state index in [0.717, 1.165) is 0 Å². The van der Waals surface area contributed by atoms with Crippen molar-refractivity contribution in [1.82, 2.24) is 15.8 Å². The second kappa shape index (κ2) is 5.99. The van der Waals surface area contributed by atoms with Gasteiger partial charge in [0.1, 0.15) is 17.4 Å². The zero-order chi connectivity index (χ0) is 15.7. The fourth-order valence-corrected chi connectivity index (χ4v) is 3.68. The summed E-state index contributed by atoms with van der Waals surface area (Å²) >= 11 is 0. The highest BCUT2D eigenvalue weighted by Crippen LogP contribution is 2.42. The number of hydrogen-bond donors (Lipinski definition) is 3. The molecule has 1 aromatic rings. The number of rotatable bonds is 2. The summed E-state index contributed by atoms with van der Waals surface area (Å²) in [6.45, 7) is 0.410.